The van der Waals surface area contributed by atoms with Gasteiger partial charge in [-0.3, -0.25) is 9.59 Å². The molecule has 87 heavy (non-hydrogen) atoms. The maximum atomic E-state index is 14.9. The van der Waals surface area contributed by atoms with Gasteiger partial charge in [0.2, 0.25) is 0 Å². The summed E-state index contributed by atoms with van der Waals surface area (Å²) >= 11 is 0. The molecule has 0 saturated carbocycles. The van der Waals surface area contributed by atoms with Crippen LogP contribution in [0.3, 0.4) is 0 Å². The van der Waals surface area contributed by atoms with Crippen LogP contribution in [-0.2, 0) is 6.42 Å². The van der Waals surface area contributed by atoms with Crippen molar-refractivity contribution in [1.82, 2.24) is 0 Å². The highest BCUT2D eigenvalue weighted by Crippen LogP contribution is 2.47. The number of carbonyl (C=O) groups is 4. The van der Waals surface area contributed by atoms with E-state index < -0.39 is 28.4 Å². The predicted octanol–water partition coefficient (Wildman–Crippen LogP) is 19.9. The minimum atomic E-state index is -0.857. The highest BCUT2D eigenvalue weighted by atomic mass is 16.5. The number of esters is 2. The molecule has 10 heteroatoms. The van der Waals surface area contributed by atoms with Crippen LogP contribution < -0.4 is 28.4 Å². The number of ketones is 2. The molecule has 2 atom stereocenters. The lowest BCUT2D eigenvalue weighted by Crippen LogP contribution is -2.54. The molecule has 0 aliphatic carbocycles. The molecule has 0 heterocycles. The van der Waals surface area contributed by atoms with E-state index in [4.69, 9.17) is 28.4 Å². The monoisotopic (exact) mass is 1170 g/mol. The Balaban J connectivity index is 0.838. The van der Waals surface area contributed by atoms with Crippen molar-refractivity contribution in [3.8, 4) is 46.0 Å². The van der Waals surface area contributed by atoms with Gasteiger partial charge in [-0.05, 0) is 239 Å². The molecule has 10 nitrogen and oxygen atoms in total. The lowest BCUT2D eigenvalue weighted by Gasteiger charge is -2.47. The van der Waals surface area contributed by atoms with E-state index >= 15 is 0 Å². The second-order valence-corrected chi connectivity index (χ2v) is 23.9. The second kappa shape index (κ2) is 27.7. The standard InChI is InChI=1S/C77H84O10/c1-14-74(10,11)70(78)56-24-38-62(39-25-56)82-65-44-30-59(31-45-65)73(81)85-68-46-32-60(48-51(68)7)53(9)61-33-47-69(52(8)49-61)87-76(13,17-4)77(18-5,19-6)71(79)57-26-40-63(41-27-57)83-64-42-28-58(29-43-64)72(80)84-66-34-20-54(21-35-66)50-55-22-36-67(37-23-55)86-75(12,15-2)16-3/h20-49,53H,14-19,50H2,1-13H3. The molecule has 8 aromatic rings. The van der Waals surface area contributed by atoms with Crippen molar-refractivity contribution in [1.29, 1.82) is 0 Å². The van der Waals surface area contributed by atoms with Gasteiger partial charge in [-0.15, -0.1) is 0 Å². The maximum Gasteiger partial charge on any atom is 0.343 e. The quantitative estimate of drug-likeness (QED) is 0.0279. The van der Waals surface area contributed by atoms with Crippen LogP contribution in [0.1, 0.15) is 195 Å². The van der Waals surface area contributed by atoms with E-state index in [9.17, 15) is 19.2 Å². The van der Waals surface area contributed by atoms with Crippen molar-refractivity contribution in [2.24, 2.45) is 10.8 Å². The Morgan fingerprint density at radius 1 is 0.391 bits per heavy atom. The van der Waals surface area contributed by atoms with Gasteiger partial charge < -0.3 is 28.4 Å². The molecule has 0 fully saturated rings. The van der Waals surface area contributed by atoms with Crippen molar-refractivity contribution in [3.63, 3.8) is 0 Å². The van der Waals surface area contributed by atoms with Crippen molar-refractivity contribution in [2.45, 2.75) is 152 Å². The van der Waals surface area contributed by atoms with E-state index in [1.807, 2.05) is 107 Å². The summed E-state index contributed by atoms with van der Waals surface area (Å²) in [7, 11) is 0. The Morgan fingerprint density at radius 2 is 0.782 bits per heavy atom. The second-order valence-electron chi connectivity index (χ2n) is 23.9. The Labute approximate surface area is 515 Å². The smallest absolute Gasteiger partial charge is 0.343 e. The molecule has 0 radical (unpaired) electrons. The molecule has 0 aromatic heterocycles. The van der Waals surface area contributed by atoms with E-state index in [-0.39, 0.29) is 23.1 Å². The first kappa shape index (κ1) is 64.2. The van der Waals surface area contributed by atoms with Crippen LogP contribution in [0.4, 0.5) is 0 Å². The first-order valence-corrected chi connectivity index (χ1v) is 30.6. The highest BCUT2D eigenvalue weighted by Gasteiger charge is 2.52. The molecule has 8 aromatic carbocycles. The van der Waals surface area contributed by atoms with Gasteiger partial charge in [0.05, 0.1) is 16.5 Å². The van der Waals surface area contributed by atoms with Crippen molar-refractivity contribution in [2.75, 3.05) is 0 Å². The van der Waals surface area contributed by atoms with E-state index in [0.717, 1.165) is 70.6 Å². The van der Waals surface area contributed by atoms with Gasteiger partial charge in [-0.2, -0.15) is 0 Å². The van der Waals surface area contributed by atoms with E-state index in [0.29, 0.717) is 76.0 Å². The van der Waals surface area contributed by atoms with Crippen molar-refractivity contribution < 1.29 is 47.6 Å². The van der Waals surface area contributed by atoms with E-state index in [1.54, 1.807) is 84.9 Å². The van der Waals surface area contributed by atoms with Crippen molar-refractivity contribution in [3.05, 3.63) is 238 Å². The number of rotatable bonds is 27. The molecule has 0 aliphatic rings. The van der Waals surface area contributed by atoms with Crippen LogP contribution >= 0.6 is 0 Å². The fourth-order valence-electron chi connectivity index (χ4n) is 11.0. The average Bonchev–Trinajstić information content (AvgIpc) is 0.984. The summed E-state index contributed by atoms with van der Waals surface area (Å²) in [6.45, 7) is 26.7. The Morgan fingerprint density at radius 3 is 1.18 bits per heavy atom. The van der Waals surface area contributed by atoms with Crippen LogP contribution in [0.15, 0.2) is 182 Å². The third-order valence-corrected chi connectivity index (χ3v) is 18.0. The van der Waals surface area contributed by atoms with Gasteiger partial charge in [0.15, 0.2) is 11.6 Å². The largest absolute Gasteiger partial charge is 0.488 e. The Bertz CT molecular complexity index is 3650. The van der Waals surface area contributed by atoms with Gasteiger partial charge >= 0.3 is 11.9 Å². The first-order chi connectivity index (χ1) is 41.6. The lowest BCUT2D eigenvalue weighted by molar-refractivity contribution is -0.0389. The van der Waals surface area contributed by atoms with E-state index in [1.165, 1.54) is 0 Å². The summed E-state index contributed by atoms with van der Waals surface area (Å²) in [5.41, 5.74) is 5.83. The van der Waals surface area contributed by atoms with Crippen LogP contribution in [-0.4, -0.2) is 34.7 Å². The van der Waals surface area contributed by atoms with Crippen LogP contribution in [0.5, 0.6) is 46.0 Å². The summed E-state index contributed by atoms with van der Waals surface area (Å²) in [4.78, 5) is 54.2. The number of ether oxygens (including phenoxy) is 6. The molecule has 8 rings (SSSR count). The number of benzene rings is 8. The molecule has 0 aliphatic heterocycles. The normalized spacial score (nSPS) is 12.7. The van der Waals surface area contributed by atoms with Gasteiger partial charge in [-0.1, -0.05) is 111 Å². The zero-order valence-corrected chi connectivity index (χ0v) is 52.9. The molecular formula is C77H84O10. The molecule has 0 amide bonds. The molecule has 0 saturated heterocycles. The summed E-state index contributed by atoms with van der Waals surface area (Å²) in [6.07, 6.45) is 5.08. The fraction of sp³-hybridized carbons (Fsp3) is 0.325. The summed E-state index contributed by atoms with van der Waals surface area (Å²) in [6, 6.07) is 55.8. The molecule has 0 spiro atoms. The Kier molecular flexibility index (Phi) is 20.5. The van der Waals surface area contributed by atoms with E-state index in [2.05, 4.69) is 79.7 Å². The minimum absolute atomic E-state index is 0.00354. The topological polar surface area (TPSA) is 124 Å². The maximum absolute atomic E-state index is 14.9. The summed E-state index contributed by atoms with van der Waals surface area (Å²) in [5, 5.41) is 0. The number of aryl methyl sites for hydroxylation is 2. The highest BCUT2D eigenvalue weighted by molar-refractivity contribution is 6.02. The molecule has 0 bridgehead atoms. The summed E-state index contributed by atoms with van der Waals surface area (Å²) in [5.74, 6) is 3.87. The minimum Gasteiger partial charge on any atom is -0.488 e. The number of carbonyl (C=O) groups excluding carboxylic acids is 4. The number of hydrogen-bond donors (Lipinski definition) is 0. The third-order valence-electron chi connectivity index (χ3n) is 18.0. The van der Waals surface area contributed by atoms with Gasteiger partial charge in [0.25, 0.3) is 0 Å². The van der Waals surface area contributed by atoms with Crippen LogP contribution in [0, 0.1) is 24.7 Å². The molecule has 452 valence electrons. The summed E-state index contributed by atoms with van der Waals surface area (Å²) < 4.78 is 37.1. The third kappa shape index (κ3) is 15.1. The van der Waals surface area contributed by atoms with Gasteiger partial charge in [-0.25, -0.2) is 9.59 Å². The number of hydrogen-bond acceptors (Lipinski definition) is 10. The zero-order chi connectivity index (χ0) is 62.7. The van der Waals surface area contributed by atoms with Gasteiger partial charge in [0.1, 0.15) is 57.2 Å². The van der Waals surface area contributed by atoms with Crippen molar-refractivity contribution >= 4 is 23.5 Å². The first-order valence-electron chi connectivity index (χ1n) is 30.6. The lowest BCUT2D eigenvalue weighted by atomic mass is 9.63. The molecule has 0 N–H and O–H groups in total. The zero-order valence-electron chi connectivity index (χ0n) is 52.9. The van der Waals surface area contributed by atoms with Gasteiger partial charge in [0, 0.05) is 22.5 Å². The Hall–Kier alpha value is -8.76. The average molecular weight is 1170 g/mol. The van der Waals surface area contributed by atoms with Crippen LogP contribution in [0.2, 0.25) is 0 Å². The fourth-order valence-corrected chi connectivity index (χ4v) is 11.0. The molecular weight excluding hydrogens is 1080 g/mol. The number of Topliss-reactive ketones (excluding diaryl/α,β-unsaturated/α-hetero) is 2. The van der Waals surface area contributed by atoms with Crippen LogP contribution in [0.25, 0.3) is 0 Å². The SMILES string of the molecule is CCC(C)(CC)Oc1ccc(Cc2ccc(OC(=O)c3ccc(Oc4ccc(C(=O)C(CC)(CC)C(C)(CC)Oc5ccc(C(C)c6ccc(OC(=O)c7ccc(Oc8ccc(C(=O)C(C)(C)CC)cc8)cc7)c(C)c6)cc5C)cc4)cc3)cc2)cc1. The predicted molar refractivity (Wildman–Crippen MR) is 346 cm³/mol. The molecule has 2 unspecified atom stereocenters.